The number of esters is 1. The van der Waals surface area contributed by atoms with Crippen molar-refractivity contribution in [1.82, 2.24) is 0 Å². The van der Waals surface area contributed by atoms with Gasteiger partial charge in [0, 0.05) is 22.6 Å². The molecule has 0 saturated heterocycles. The summed E-state index contributed by atoms with van der Waals surface area (Å²) in [6.07, 6.45) is 8.93. The first-order valence-corrected chi connectivity index (χ1v) is 11.9. The van der Waals surface area contributed by atoms with Crippen molar-refractivity contribution in [2.45, 2.75) is 12.8 Å². The van der Waals surface area contributed by atoms with Gasteiger partial charge in [-0.3, -0.25) is 9.59 Å². The molecule has 0 aliphatic heterocycles. The number of carbonyl (C=O) groups excluding carboxylic acids is 3. The lowest BCUT2D eigenvalue weighted by molar-refractivity contribution is 0.0734. The number of ether oxygens (including phenoxy) is 1. The Morgan fingerprint density at radius 3 is 2.35 bits per heavy atom. The Bertz CT molecular complexity index is 1550. The third-order valence-electron chi connectivity index (χ3n) is 6.02. The van der Waals surface area contributed by atoms with Gasteiger partial charge in [0.1, 0.15) is 5.75 Å². The van der Waals surface area contributed by atoms with Gasteiger partial charge in [0.15, 0.2) is 6.29 Å². The molecule has 1 aliphatic carbocycles. The van der Waals surface area contributed by atoms with E-state index in [9.17, 15) is 14.4 Å². The number of hydrogen-bond acceptors (Lipinski definition) is 5. The number of aldehydes is 1. The van der Waals surface area contributed by atoms with Crippen molar-refractivity contribution in [1.29, 1.82) is 0 Å². The highest BCUT2D eigenvalue weighted by Crippen LogP contribution is 2.22. The SMILES string of the molecule is O=Cc1cc(OC(=O)c2ccc3ccccc3c2)ccc1C(=O)Nc1ccc(NC2=CCCC=C2)cc1. The molecular weight excluding hydrogens is 464 g/mol. The average Bonchev–Trinajstić information content (AvgIpc) is 2.94. The van der Waals surface area contributed by atoms with E-state index in [0.717, 1.165) is 35.0 Å². The van der Waals surface area contributed by atoms with Crippen LogP contribution < -0.4 is 15.4 Å². The second-order valence-electron chi connectivity index (χ2n) is 8.61. The van der Waals surface area contributed by atoms with Gasteiger partial charge in [-0.15, -0.1) is 0 Å². The summed E-state index contributed by atoms with van der Waals surface area (Å²) in [5, 5.41) is 8.07. The molecule has 0 saturated carbocycles. The predicted molar refractivity (Wildman–Crippen MR) is 145 cm³/mol. The van der Waals surface area contributed by atoms with Gasteiger partial charge < -0.3 is 15.4 Å². The summed E-state index contributed by atoms with van der Waals surface area (Å²) >= 11 is 0. The number of carbonyl (C=O) groups is 3. The Morgan fingerprint density at radius 2 is 1.59 bits per heavy atom. The molecule has 4 aromatic carbocycles. The maximum atomic E-state index is 12.9. The first-order chi connectivity index (χ1) is 18.1. The van der Waals surface area contributed by atoms with Gasteiger partial charge in [-0.25, -0.2) is 4.79 Å². The zero-order valence-electron chi connectivity index (χ0n) is 19.9. The van der Waals surface area contributed by atoms with Crippen LogP contribution in [0.2, 0.25) is 0 Å². The summed E-state index contributed by atoms with van der Waals surface area (Å²) in [5.74, 6) is -0.806. The summed E-state index contributed by atoms with van der Waals surface area (Å²) < 4.78 is 5.47. The minimum Gasteiger partial charge on any atom is -0.423 e. The van der Waals surface area contributed by atoms with Gasteiger partial charge in [0.2, 0.25) is 0 Å². The Kier molecular flexibility index (Phi) is 6.90. The maximum absolute atomic E-state index is 12.9. The standard InChI is InChI=1S/C31H24N2O4/c34-20-24-19-28(37-31(36)23-11-10-21-6-4-5-7-22(21)18-23)16-17-29(24)30(35)33-27-14-12-26(13-15-27)32-25-8-2-1-3-9-25/h2,4-20,32H,1,3H2,(H,33,35). The number of fused-ring (bicyclic) bond motifs is 1. The average molecular weight is 489 g/mol. The van der Waals surface area contributed by atoms with E-state index in [1.54, 1.807) is 24.3 Å². The number of amides is 1. The fourth-order valence-corrected chi connectivity index (χ4v) is 4.10. The Hall–Kier alpha value is -4.97. The third kappa shape index (κ3) is 5.65. The molecular formula is C31H24N2O4. The van der Waals surface area contributed by atoms with Gasteiger partial charge in [-0.2, -0.15) is 0 Å². The zero-order chi connectivity index (χ0) is 25.6. The van der Waals surface area contributed by atoms with E-state index in [4.69, 9.17) is 4.74 Å². The number of hydrogen-bond donors (Lipinski definition) is 2. The van der Waals surface area contributed by atoms with Crippen LogP contribution in [0.15, 0.2) is 109 Å². The van der Waals surface area contributed by atoms with Crippen molar-refractivity contribution in [3.63, 3.8) is 0 Å². The van der Waals surface area contributed by atoms with Crippen LogP contribution in [0.25, 0.3) is 10.8 Å². The summed E-state index contributed by atoms with van der Waals surface area (Å²) in [6.45, 7) is 0. The second kappa shape index (κ2) is 10.7. The van der Waals surface area contributed by atoms with Crippen LogP contribution in [0.4, 0.5) is 11.4 Å². The third-order valence-corrected chi connectivity index (χ3v) is 6.02. The molecule has 0 radical (unpaired) electrons. The van der Waals surface area contributed by atoms with Crippen molar-refractivity contribution >= 4 is 40.3 Å². The van der Waals surface area contributed by atoms with Crippen molar-refractivity contribution < 1.29 is 19.1 Å². The molecule has 0 aromatic heterocycles. The number of nitrogens with one attached hydrogen (secondary N) is 2. The molecule has 4 aromatic rings. The fourth-order valence-electron chi connectivity index (χ4n) is 4.10. The van der Waals surface area contributed by atoms with Crippen molar-refractivity contribution in [2.75, 3.05) is 10.6 Å². The molecule has 5 rings (SSSR count). The normalized spacial score (nSPS) is 12.5. The molecule has 0 bridgehead atoms. The summed E-state index contributed by atoms with van der Waals surface area (Å²) in [7, 11) is 0. The monoisotopic (exact) mass is 488 g/mol. The number of allylic oxidation sites excluding steroid dienone is 3. The van der Waals surface area contributed by atoms with E-state index in [1.807, 2.05) is 48.5 Å². The van der Waals surface area contributed by atoms with E-state index in [-0.39, 0.29) is 16.9 Å². The zero-order valence-corrected chi connectivity index (χ0v) is 19.9. The highest BCUT2D eigenvalue weighted by Gasteiger charge is 2.15. The van der Waals surface area contributed by atoms with Crippen LogP contribution in [-0.4, -0.2) is 18.2 Å². The first-order valence-electron chi connectivity index (χ1n) is 11.9. The minimum atomic E-state index is -0.548. The first kappa shape index (κ1) is 23.8. The van der Waals surface area contributed by atoms with Crippen LogP contribution in [0.3, 0.4) is 0 Å². The number of rotatable bonds is 7. The molecule has 2 N–H and O–H groups in total. The smallest absolute Gasteiger partial charge is 0.343 e. The lowest BCUT2D eigenvalue weighted by Crippen LogP contribution is -2.15. The van der Waals surface area contributed by atoms with Crippen LogP contribution in [0.5, 0.6) is 5.75 Å². The molecule has 6 heteroatoms. The maximum Gasteiger partial charge on any atom is 0.343 e. The lowest BCUT2D eigenvalue weighted by Gasteiger charge is -2.12. The van der Waals surface area contributed by atoms with Crippen LogP contribution in [0.1, 0.15) is 43.9 Å². The highest BCUT2D eigenvalue weighted by atomic mass is 16.5. The minimum absolute atomic E-state index is 0.121. The second-order valence-corrected chi connectivity index (χ2v) is 8.61. The quantitative estimate of drug-likeness (QED) is 0.170. The van der Waals surface area contributed by atoms with E-state index in [0.29, 0.717) is 17.5 Å². The molecule has 6 nitrogen and oxygen atoms in total. The van der Waals surface area contributed by atoms with Crippen LogP contribution in [0, 0.1) is 0 Å². The Balaban J connectivity index is 1.26. The molecule has 0 unspecified atom stereocenters. The largest absolute Gasteiger partial charge is 0.423 e. The van der Waals surface area contributed by atoms with E-state index in [1.165, 1.54) is 18.2 Å². The Morgan fingerprint density at radius 1 is 0.811 bits per heavy atom. The molecule has 0 atom stereocenters. The number of anilines is 2. The van der Waals surface area contributed by atoms with E-state index < -0.39 is 11.9 Å². The highest BCUT2D eigenvalue weighted by molar-refractivity contribution is 6.09. The summed E-state index contributed by atoms with van der Waals surface area (Å²) in [5.41, 5.74) is 3.23. The van der Waals surface area contributed by atoms with Crippen LogP contribution in [-0.2, 0) is 0 Å². The van der Waals surface area contributed by atoms with E-state index >= 15 is 0 Å². The van der Waals surface area contributed by atoms with Gasteiger partial charge >= 0.3 is 5.97 Å². The molecule has 0 heterocycles. The molecule has 1 aliphatic rings. The fraction of sp³-hybridized carbons (Fsp3) is 0.0645. The van der Waals surface area contributed by atoms with Gasteiger partial charge in [0.25, 0.3) is 5.91 Å². The molecule has 37 heavy (non-hydrogen) atoms. The molecule has 1 amide bonds. The molecule has 182 valence electrons. The van der Waals surface area contributed by atoms with Crippen molar-refractivity contribution in [3.05, 3.63) is 126 Å². The van der Waals surface area contributed by atoms with E-state index in [2.05, 4.69) is 22.8 Å². The van der Waals surface area contributed by atoms with Gasteiger partial charge in [-0.1, -0.05) is 42.5 Å². The van der Waals surface area contributed by atoms with Gasteiger partial charge in [-0.05, 0) is 84.3 Å². The van der Waals surface area contributed by atoms with Crippen molar-refractivity contribution in [2.24, 2.45) is 0 Å². The summed E-state index contributed by atoms with van der Waals surface area (Å²) in [4.78, 5) is 37.3. The Labute approximate surface area is 214 Å². The topological polar surface area (TPSA) is 84.5 Å². The molecule has 0 fully saturated rings. The van der Waals surface area contributed by atoms with Crippen molar-refractivity contribution in [3.8, 4) is 5.75 Å². The lowest BCUT2D eigenvalue weighted by atomic mass is 10.1. The number of benzene rings is 4. The summed E-state index contributed by atoms with van der Waals surface area (Å²) in [6, 6.07) is 24.7. The van der Waals surface area contributed by atoms with Crippen LogP contribution >= 0.6 is 0 Å². The predicted octanol–water partition coefficient (Wildman–Crippen LogP) is 6.77. The van der Waals surface area contributed by atoms with Gasteiger partial charge in [0.05, 0.1) is 11.1 Å². The molecule has 0 spiro atoms.